The van der Waals surface area contributed by atoms with Crippen LogP contribution in [0.15, 0.2) is 12.3 Å². The van der Waals surface area contributed by atoms with Crippen LogP contribution in [-0.2, 0) is 4.74 Å². The molecule has 2 N–H and O–H groups in total. The van der Waals surface area contributed by atoms with Gasteiger partial charge < -0.3 is 19.9 Å². The molecule has 1 amide bonds. The quantitative estimate of drug-likeness (QED) is 0.854. The summed E-state index contributed by atoms with van der Waals surface area (Å²) in [6.07, 6.45) is 4.32. The maximum absolute atomic E-state index is 12.4. The molecule has 0 aliphatic heterocycles. The summed E-state index contributed by atoms with van der Waals surface area (Å²) >= 11 is 0. The average molecular weight is 265 g/mol. The number of ether oxygens (including phenoxy) is 1. The van der Waals surface area contributed by atoms with Crippen molar-refractivity contribution in [3.8, 4) is 0 Å². The maximum Gasteiger partial charge on any atom is 0.270 e. The molecule has 1 aliphatic rings. The van der Waals surface area contributed by atoms with Gasteiger partial charge in [0.15, 0.2) is 0 Å². The Balaban J connectivity index is 1.98. The van der Waals surface area contributed by atoms with E-state index in [1.54, 1.807) is 18.0 Å². The molecule has 0 bridgehead atoms. The van der Waals surface area contributed by atoms with Crippen LogP contribution in [0.3, 0.4) is 0 Å². The topological polar surface area (TPSA) is 60.5 Å². The van der Waals surface area contributed by atoms with Crippen molar-refractivity contribution in [2.24, 2.45) is 0 Å². The van der Waals surface area contributed by atoms with E-state index in [1.165, 1.54) is 0 Å². The van der Waals surface area contributed by atoms with Crippen molar-refractivity contribution in [2.45, 2.75) is 38.8 Å². The van der Waals surface area contributed by atoms with Crippen molar-refractivity contribution < 1.29 is 9.53 Å². The molecule has 0 aromatic carbocycles. The molecule has 1 heterocycles. The van der Waals surface area contributed by atoms with E-state index in [2.05, 4.69) is 0 Å². The molecule has 106 valence electrons. The Hall–Kier alpha value is -1.49. The number of amides is 1. The zero-order chi connectivity index (χ0) is 14.0. The molecule has 0 spiro atoms. The first-order valence-electron chi connectivity index (χ1n) is 6.83. The molecule has 0 atom stereocenters. The molecule has 0 unspecified atom stereocenters. The fourth-order valence-electron chi connectivity index (χ4n) is 2.05. The van der Waals surface area contributed by atoms with Gasteiger partial charge in [0, 0.05) is 25.8 Å². The second-order valence-corrected chi connectivity index (χ2v) is 5.44. The molecule has 0 radical (unpaired) electrons. The number of hydrogen-bond donors (Lipinski definition) is 1. The third kappa shape index (κ3) is 3.50. The molecular weight excluding hydrogens is 242 g/mol. The van der Waals surface area contributed by atoms with Crippen molar-refractivity contribution in [3.63, 3.8) is 0 Å². The second-order valence-electron chi connectivity index (χ2n) is 5.44. The molecule has 5 heteroatoms. The maximum atomic E-state index is 12.4. The van der Waals surface area contributed by atoms with E-state index < -0.39 is 0 Å². The minimum absolute atomic E-state index is 0.0101. The van der Waals surface area contributed by atoms with Crippen LogP contribution in [-0.4, -0.2) is 41.7 Å². The lowest BCUT2D eigenvalue weighted by atomic mass is 10.3. The summed E-state index contributed by atoms with van der Waals surface area (Å²) in [6.45, 7) is 5.12. The predicted molar refractivity (Wildman–Crippen MR) is 75.2 cm³/mol. The highest BCUT2D eigenvalue weighted by molar-refractivity contribution is 5.93. The van der Waals surface area contributed by atoms with Crippen molar-refractivity contribution in [2.75, 3.05) is 25.9 Å². The molecule has 1 saturated carbocycles. The molecule has 0 saturated heterocycles. The fraction of sp³-hybridized carbons (Fsp3) is 0.643. The van der Waals surface area contributed by atoms with Gasteiger partial charge >= 0.3 is 0 Å². The minimum Gasteiger partial charge on any atom is -0.397 e. The highest BCUT2D eigenvalue weighted by Crippen LogP contribution is 2.37. The monoisotopic (exact) mass is 265 g/mol. The summed E-state index contributed by atoms with van der Waals surface area (Å²) < 4.78 is 7.48. The number of rotatable bonds is 6. The van der Waals surface area contributed by atoms with Crippen LogP contribution in [0.5, 0.6) is 0 Å². The zero-order valence-corrected chi connectivity index (χ0v) is 11.9. The van der Waals surface area contributed by atoms with E-state index in [-0.39, 0.29) is 12.0 Å². The van der Waals surface area contributed by atoms with Gasteiger partial charge in [0.25, 0.3) is 5.91 Å². The Bertz CT molecular complexity index is 450. The summed E-state index contributed by atoms with van der Waals surface area (Å²) in [6, 6.07) is 2.22. The fourth-order valence-corrected chi connectivity index (χ4v) is 2.05. The standard InChI is InChI=1S/C14H23N3O2/c1-10(2)19-7-6-16(3)14(18)13-8-11(15)9-17(13)12-4-5-12/h8-10,12H,4-7,15H2,1-3H3. The highest BCUT2D eigenvalue weighted by Gasteiger charge is 2.28. The second kappa shape index (κ2) is 5.65. The first-order valence-corrected chi connectivity index (χ1v) is 6.83. The summed E-state index contributed by atoms with van der Waals surface area (Å²) in [4.78, 5) is 14.1. The number of nitrogens with zero attached hydrogens (tertiary/aromatic N) is 2. The van der Waals surface area contributed by atoms with Gasteiger partial charge in [-0.25, -0.2) is 0 Å². The Morgan fingerprint density at radius 2 is 2.26 bits per heavy atom. The summed E-state index contributed by atoms with van der Waals surface area (Å²) in [5, 5.41) is 0. The van der Waals surface area contributed by atoms with Crippen LogP contribution in [0.1, 0.15) is 43.2 Å². The smallest absolute Gasteiger partial charge is 0.270 e. The van der Waals surface area contributed by atoms with Gasteiger partial charge in [-0.2, -0.15) is 0 Å². The van der Waals surface area contributed by atoms with Gasteiger partial charge in [0.1, 0.15) is 5.69 Å². The van der Waals surface area contributed by atoms with Crippen LogP contribution in [0, 0.1) is 0 Å². The summed E-state index contributed by atoms with van der Waals surface area (Å²) in [5.41, 5.74) is 7.15. The van der Waals surface area contributed by atoms with Crippen LogP contribution >= 0.6 is 0 Å². The number of hydrogen-bond acceptors (Lipinski definition) is 3. The molecule has 5 nitrogen and oxygen atoms in total. The van der Waals surface area contributed by atoms with Gasteiger partial charge in [-0.05, 0) is 32.8 Å². The molecule has 1 fully saturated rings. The van der Waals surface area contributed by atoms with Gasteiger partial charge in [-0.3, -0.25) is 4.79 Å². The van der Waals surface area contributed by atoms with Gasteiger partial charge in [0.2, 0.25) is 0 Å². The number of aromatic nitrogens is 1. The number of carbonyl (C=O) groups excluding carboxylic acids is 1. The van der Waals surface area contributed by atoms with Crippen LogP contribution < -0.4 is 5.73 Å². The lowest BCUT2D eigenvalue weighted by Gasteiger charge is -2.19. The molecular formula is C14H23N3O2. The summed E-state index contributed by atoms with van der Waals surface area (Å²) in [5.74, 6) is 0.0101. The van der Waals surface area contributed by atoms with Crippen molar-refractivity contribution >= 4 is 11.6 Å². The van der Waals surface area contributed by atoms with Gasteiger partial charge in [0.05, 0.1) is 18.4 Å². The molecule has 1 aromatic heterocycles. The Kier molecular flexibility index (Phi) is 4.14. The number of carbonyl (C=O) groups is 1. The van der Waals surface area contributed by atoms with E-state index in [9.17, 15) is 4.79 Å². The first kappa shape index (κ1) is 13.9. The van der Waals surface area contributed by atoms with Crippen LogP contribution in [0.4, 0.5) is 5.69 Å². The molecule has 19 heavy (non-hydrogen) atoms. The number of likely N-dealkylation sites (N-methyl/N-ethyl adjacent to an activating group) is 1. The highest BCUT2D eigenvalue weighted by atomic mass is 16.5. The van der Waals surface area contributed by atoms with Gasteiger partial charge in [-0.15, -0.1) is 0 Å². The van der Waals surface area contributed by atoms with Crippen LogP contribution in [0.25, 0.3) is 0 Å². The largest absolute Gasteiger partial charge is 0.397 e. The Labute approximate surface area is 114 Å². The first-order chi connectivity index (χ1) is 8.99. The van der Waals surface area contributed by atoms with E-state index in [0.29, 0.717) is 30.6 Å². The lowest BCUT2D eigenvalue weighted by Crippen LogP contribution is -2.32. The SMILES string of the molecule is CC(C)OCCN(C)C(=O)c1cc(N)cn1C1CC1. The molecule has 1 aromatic rings. The van der Waals surface area contributed by atoms with E-state index in [4.69, 9.17) is 10.5 Å². The van der Waals surface area contributed by atoms with E-state index in [0.717, 1.165) is 12.8 Å². The average Bonchev–Trinajstić information content (AvgIpc) is 3.11. The Morgan fingerprint density at radius 3 is 2.84 bits per heavy atom. The Morgan fingerprint density at radius 1 is 1.58 bits per heavy atom. The van der Waals surface area contributed by atoms with Crippen molar-refractivity contribution in [3.05, 3.63) is 18.0 Å². The zero-order valence-electron chi connectivity index (χ0n) is 11.9. The number of nitrogens with two attached hydrogens (primary N) is 1. The van der Waals surface area contributed by atoms with Gasteiger partial charge in [-0.1, -0.05) is 0 Å². The third-order valence-electron chi connectivity index (χ3n) is 3.25. The summed E-state index contributed by atoms with van der Waals surface area (Å²) in [7, 11) is 1.80. The predicted octanol–water partition coefficient (Wildman–Crippen LogP) is 1.90. The third-order valence-corrected chi connectivity index (χ3v) is 3.25. The molecule has 1 aliphatic carbocycles. The van der Waals surface area contributed by atoms with Crippen LogP contribution in [0.2, 0.25) is 0 Å². The van der Waals surface area contributed by atoms with Crippen molar-refractivity contribution in [1.29, 1.82) is 0 Å². The minimum atomic E-state index is 0.0101. The lowest BCUT2D eigenvalue weighted by molar-refractivity contribution is 0.0526. The number of anilines is 1. The molecule has 2 rings (SSSR count). The van der Waals surface area contributed by atoms with E-state index >= 15 is 0 Å². The number of nitrogen functional groups attached to an aromatic ring is 1. The van der Waals surface area contributed by atoms with E-state index in [1.807, 2.05) is 24.6 Å². The normalized spacial score (nSPS) is 14.9. The van der Waals surface area contributed by atoms with Crippen molar-refractivity contribution in [1.82, 2.24) is 9.47 Å².